The van der Waals surface area contributed by atoms with E-state index in [4.69, 9.17) is 14.9 Å². The maximum Gasteiger partial charge on any atom is 0.363 e. The number of carboxylic acid groups (broad SMARTS) is 1. The van der Waals surface area contributed by atoms with E-state index in [0.717, 1.165) is 5.94 Å². The second-order valence-electron chi connectivity index (χ2n) is 1.78. The van der Waals surface area contributed by atoms with Crippen molar-refractivity contribution in [1.29, 1.82) is 0 Å². The van der Waals surface area contributed by atoms with Crippen molar-refractivity contribution in [1.82, 2.24) is 5.32 Å². The van der Waals surface area contributed by atoms with Crippen molar-refractivity contribution in [3.63, 3.8) is 0 Å². The molecule has 0 unspecified atom stereocenters. The highest BCUT2D eigenvalue weighted by Gasteiger charge is 2.16. The minimum Gasteiger partial charge on any atom is -0.476 e. The molecular weight excluding hydrogens is 189 g/mol. The molecule has 0 saturated heterocycles. The number of carbonyl (C=O) groups is 1. The molecule has 0 aliphatic carbocycles. The molecule has 4 N–H and O–H groups in total. The molecule has 0 aliphatic rings. The van der Waals surface area contributed by atoms with Gasteiger partial charge in [0.2, 0.25) is 5.70 Å². The maximum absolute atomic E-state index is 10.2. The van der Waals surface area contributed by atoms with Crippen LogP contribution in [0.3, 0.4) is 0 Å². The van der Waals surface area contributed by atoms with Gasteiger partial charge in [0.15, 0.2) is 5.94 Å². The fourth-order valence-electron chi connectivity index (χ4n) is 0.337. The molecule has 7 nitrogen and oxygen atoms in total. The largest absolute Gasteiger partial charge is 0.476 e. The number of rotatable bonds is 4. The third kappa shape index (κ3) is 4.65. The molecule has 0 saturated carbocycles. The first-order valence-corrected chi connectivity index (χ1v) is 4.43. The van der Waals surface area contributed by atoms with Gasteiger partial charge in [-0.05, 0) is 0 Å². The van der Waals surface area contributed by atoms with Gasteiger partial charge in [0.05, 0.1) is 0 Å². The number of hydrogen-bond donors (Lipinski definition) is 4. The van der Waals surface area contributed by atoms with Crippen LogP contribution >= 0.6 is 7.60 Å². The molecule has 0 fully saturated rings. The summed E-state index contributed by atoms with van der Waals surface area (Å²) in [4.78, 5) is 36.4. The molecule has 0 amide bonds. The van der Waals surface area contributed by atoms with E-state index >= 15 is 0 Å². The van der Waals surface area contributed by atoms with Gasteiger partial charge < -0.3 is 20.2 Å². The number of nitrogens with one attached hydrogen (secondary N) is 1. The monoisotopic (exact) mass is 195 g/mol. The molecule has 0 rings (SSSR count). The Bertz CT molecular complexity index is 273. The molecule has 0 spiro atoms. The number of aliphatic carboxylic acids is 1. The highest BCUT2D eigenvalue weighted by Crippen LogP contribution is 2.32. The van der Waals surface area contributed by atoms with Crippen molar-refractivity contribution < 1.29 is 29.0 Å². The zero-order chi connectivity index (χ0) is 9.78. The van der Waals surface area contributed by atoms with Crippen LogP contribution in [0, 0.1) is 0 Å². The quantitative estimate of drug-likeness (QED) is 0.244. The zero-order valence-corrected chi connectivity index (χ0v) is 6.62. The SMILES string of the molecule is O=C=C(NCP(=O)(O)O)C(=O)O. The molecule has 0 atom stereocenters. The van der Waals surface area contributed by atoms with Crippen LogP contribution in [0.5, 0.6) is 0 Å². The summed E-state index contributed by atoms with van der Waals surface area (Å²) in [6.45, 7) is 0. The lowest BCUT2D eigenvalue weighted by atomic mass is 10.5. The van der Waals surface area contributed by atoms with E-state index in [1.807, 2.05) is 0 Å². The van der Waals surface area contributed by atoms with Crippen molar-refractivity contribution >= 4 is 19.5 Å². The van der Waals surface area contributed by atoms with Crippen molar-refractivity contribution in [2.75, 3.05) is 6.29 Å². The zero-order valence-electron chi connectivity index (χ0n) is 5.72. The van der Waals surface area contributed by atoms with Gasteiger partial charge in [0, 0.05) is 0 Å². The Morgan fingerprint density at radius 2 is 2.00 bits per heavy atom. The second kappa shape index (κ2) is 4.04. The number of hydrogen-bond acceptors (Lipinski definition) is 4. The van der Waals surface area contributed by atoms with E-state index < -0.39 is 25.5 Å². The summed E-state index contributed by atoms with van der Waals surface area (Å²) < 4.78 is 10.2. The number of carboxylic acids is 1. The predicted molar refractivity (Wildman–Crippen MR) is 36.9 cm³/mol. The normalized spacial score (nSPS) is 10.2. The molecule has 68 valence electrons. The van der Waals surface area contributed by atoms with Gasteiger partial charge in [0.1, 0.15) is 6.29 Å². The molecule has 0 aromatic rings. The van der Waals surface area contributed by atoms with Crippen molar-refractivity contribution in [3.05, 3.63) is 5.70 Å². The van der Waals surface area contributed by atoms with Crippen LogP contribution in [-0.4, -0.2) is 33.1 Å². The fraction of sp³-hybridized carbons (Fsp3) is 0.250. The van der Waals surface area contributed by atoms with Crippen LogP contribution in [-0.2, 0) is 14.2 Å². The Hall–Kier alpha value is -1.13. The number of carbonyl (C=O) groups excluding carboxylic acids is 1. The van der Waals surface area contributed by atoms with Gasteiger partial charge in [-0.1, -0.05) is 0 Å². The topological polar surface area (TPSA) is 124 Å². The smallest absolute Gasteiger partial charge is 0.363 e. The first-order chi connectivity index (χ1) is 5.37. The van der Waals surface area contributed by atoms with E-state index in [1.165, 1.54) is 0 Å². The van der Waals surface area contributed by atoms with Gasteiger partial charge in [-0.25, -0.2) is 9.59 Å². The van der Waals surface area contributed by atoms with Crippen LogP contribution < -0.4 is 5.32 Å². The molecule has 0 heterocycles. The Kier molecular flexibility index (Phi) is 3.66. The van der Waals surface area contributed by atoms with E-state index in [9.17, 15) is 14.2 Å². The van der Waals surface area contributed by atoms with Crippen LogP contribution in [0.25, 0.3) is 0 Å². The molecule has 0 aliphatic heterocycles. The summed E-state index contributed by atoms with van der Waals surface area (Å²) in [5, 5.41) is 9.89. The average molecular weight is 195 g/mol. The Labute approximate surface area is 66.9 Å². The van der Waals surface area contributed by atoms with E-state index in [0.29, 0.717) is 0 Å². The average Bonchev–Trinajstić information content (AvgIpc) is 1.85. The van der Waals surface area contributed by atoms with Crippen LogP contribution in [0.4, 0.5) is 0 Å². The van der Waals surface area contributed by atoms with Gasteiger partial charge in [0.25, 0.3) is 0 Å². The third-order valence-corrected chi connectivity index (χ3v) is 1.35. The van der Waals surface area contributed by atoms with Crippen LogP contribution in [0.1, 0.15) is 0 Å². The molecule has 0 bridgehead atoms. The maximum atomic E-state index is 10.2. The first kappa shape index (κ1) is 10.9. The van der Waals surface area contributed by atoms with E-state index in [1.54, 1.807) is 5.32 Å². The van der Waals surface area contributed by atoms with E-state index in [-0.39, 0.29) is 0 Å². The molecular formula is C4H6NO6P. The molecule has 8 heteroatoms. The lowest BCUT2D eigenvalue weighted by Gasteiger charge is -2.04. The summed E-state index contributed by atoms with van der Waals surface area (Å²) in [7, 11) is -4.35. The minimum atomic E-state index is -4.35. The third-order valence-electron chi connectivity index (χ3n) is 0.778. The van der Waals surface area contributed by atoms with E-state index in [2.05, 4.69) is 0 Å². The minimum absolute atomic E-state index is 0.899. The van der Waals surface area contributed by atoms with Crippen molar-refractivity contribution in [2.45, 2.75) is 0 Å². The molecule has 0 aromatic heterocycles. The Morgan fingerprint density at radius 3 is 2.25 bits per heavy atom. The molecule has 12 heavy (non-hydrogen) atoms. The predicted octanol–water partition coefficient (Wildman–Crippen LogP) is -1.49. The fourth-order valence-corrected chi connectivity index (χ4v) is 0.701. The van der Waals surface area contributed by atoms with Gasteiger partial charge in [-0.2, -0.15) is 0 Å². The summed E-state index contributed by atoms with van der Waals surface area (Å²) in [6.07, 6.45) is -0.899. The molecule has 0 radical (unpaired) electrons. The van der Waals surface area contributed by atoms with Crippen LogP contribution in [0.15, 0.2) is 5.70 Å². The molecule has 0 aromatic carbocycles. The first-order valence-electron chi connectivity index (χ1n) is 2.63. The second-order valence-corrected chi connectivity index (χ2v) is 3.43. The highest BCUT2D eigenvalue weighted by molar-refractivity contribution is 7.51. The Morgan fingerprint density at radius 1 is 1.50 bits per heavy atom. The standard InChI is InChI=1S/C4H6NO6P/c6-1-3(4(7)8)5-2-12(9,10)11/h5H,2H2,(H,7,8)(H2,9,10,11). The Balaban J connectivity index is 4.19. The summed E-state index contributed by atoms with van der Waals surface area (Å²) in [5.74, 6) is -0.626. The summed E-state index contributed by atoms with van der Waals surface area (Å²) in [5.41, 5.74) is -0.904. The highest BCUT2D eigenvalue weighted by atomic mass is 31.2. The van der Waals surface area contributed by atoms with Crippen LogP contribution in [0.2, 0.25) is 0 Å². The lowest BCUT2D eigenvalue weighted by Crippen LogP contribution is -2.21. The summed E-state index contributed by atoms with van der Waals surface area (Å²) in [6, 6.07) is 0. The van der Waals surface area contributed by atoms with Gasteiger partial charge >= 0.3 is 13.6 Å². The van der Waals surface area contributed by atoms with Gasteiger partial charge in [-0.3, -0.25) is 4.57 Å². The van der Waals surface area contributed by atoms with Gasteiger partial charge in [-0.15, -0.1) is 0 Å². The summed E-state index contributed by atoms with van der Waals surface area (Å²) >= 11 is 0. The van der Waals surface area contributed by atoms with Crippen molar-refractivity contribution in [3.8, 4) is 0 Å². The lowest BCUT2D eigenvalue weighted by molar-refractivity contribution is -0.132. The van der Waals surface area contributed by atoms with Crippen molar-refractivity contribution in [2.24, 2.45) is 0 Å².